The molecule has 7 nitrogen and oxygen atoms in total. The summed E-state index contributed by atoms with van der Waals surface area (Å²) in [6.07, 6.45) is -4.00. The molecule has 0 atom stereocenters. The molecule has 0 aliphatic heterocycles. The number of rotatable bonds is 8. The minimum Gasteiger partial charge on any atom is -0.380 e. The second kappa shape index (κ2) is 8.11. The predicted molar refractivity (Wildman–Crippen MR) is 85.4 cm³/mol. The summed E-state index contributed by atoms with van der Waals surface area (Å²) in [5.74, 6) is -1.11. The third kappa shape index (κ3) is 5.65. The number of anilines is 1. The van der Waals surface area contributed by atoms with Crippen molar-refractivity contribution in [2.45, 2.75) is 31.7 Å². The Bertz CT molecular complexity index is 688. The van der Waals surface area contributed by atoms with Gasteiger partial charge in [0, 0.05) is 19.3 Å². The summed E-state index contributed by atoms with van der Waals surface area (Å²) in [6.45, 7) is 4.66. The maximum atomic E-state index is 12.5. The fourth-order valence-corrected chi connectivity index (χ4v) is 2.61. The van der Waals surface area contributed by atoms with E-state index in [1.807, 2.05) is 0 Å². The number of carbonyl (C=O) groups is 1. The Kier molecular flexibility index (Phi) is 6.91. The number of nitrogens with zero attached hydrogens (tertiary/aromatic N) is 1. The molecule has 142 valence electrons. The van der Waals surface area contributed by atoms with E-state index < -0.39 is 32.4 Å². The van der Waals surface area contributed by atoms with Crippen molar-refractivity contribution in [1.29, 1.82) is 0 Å². The lowest BCUT2D eigenvalue weighted by atomic mass is 10.2. The van der Waals surface area contributed by atoms with Crippen LogP contribution in [0.4, 0.5) is 19.0 Å². The molecule has 1 heterocycles. The second-order valence-electron chi connectivity index (χ2n) is 5.49. The smallest absolute Gasteiger partial charge is 0.380 e. The Morgan fingerprint density at radius 3 is 2.40 bits per heavy atom. The maximum Gasteiger partial charge on any atom is 0.417 e. The number of ether oxygens (including phenoxy) is 1. The topological polar surface area (TPSA) is 97.4 Å². The Hall–Kier alpha value is -1.72. The lowest BCUT2D eigenvalue weighted by Crippen LogP contribution is -2.50. The third-order valence-electron chi connectivity index (χ3n) is 3.29. The molecule has 2 N–H and O–H groups in total. The molecule has 0 aliphatic rings. The molecular weight excluding hydrogens is 363 g/mol. The fraction of sp³-hybridized carbons (Fsp3) is 0.571. The molecule has 0 aliphatic carbocycles. The molecule has 0 aromatic carbocycles. The Balaban J connectivity index is 2.80. The summed E-state index contributed by atoms with van der Waals surface area (Å²) < 4.78 is 67.3. The van der Waals surface area contributed by atoms with Crippen molar-refractivity contribution in [3.8, 4) is 0 Å². The van der Waals surface area contributed by atoms with Crippen LogP contribution in [-0.4, -0.2) is 43.8 Å². The van der Waals surface area contributed by atoms with Crippen molar-refractivity contribution >= 4 is 21.7 Å². The van der Waals surface area contributed by atoms with Crippen LogP contribution in [0, 0.1) is 0 Å². The number of carbonyl (C=O) groups excluding carboxylic acids is 1. The number of alkyl halides is 3. The first-order valence-corrected chi connectivity index (χ1v) is 8.81. The van der Waals surface area contributed by atoms with Crippen LogP contribution in [0.25, 0.3) is 0 Å². The average molecular weight is 383 g/mol. The number of halogens is 3. The molecule has 1 rings (SSSR count). The highest BCUT2D eigenvalue weighted by atomic mass is 32.2. The van der Waals surface area contributed by atoms with E-state index in [0.29, 0.717) is 12.8 Å². The van der Waals surface area contributed by atoms with Crippen LogP contribution in [0.3, 0.4) is 0 Å². The summed E-state index contributed by atoms with van der Waals surface area (Å²) in [6, 6.07) is 1.69. The monoisotopic (exact) mass is 383 g/mol. The van der Waals surface area contributed by atoms with E-state index >= 15 is 0 Å². The highest BCUT2D eigenvalue weighted by Gasteiger charge is 2.41. The van der Waals surface area contributed by atoms with E-state index in [1.165, 1.54) is 13.8 Å². The minimum atomic E-state index is -4.55. The van der Waals surface area contributed by atoms with Crippen LogP contribution in [0.2, 0.25) is 0 Å². The van der Waals surface area contributed by atoms with Gasteiger partial charge in [-0.25, -0.2) is 18.1 Å². The minimum absolute atomic E-state index is 0.00852. The summed E-state index contributed by atoms with van der Waals surface area (Å²) in [5.41, 5.74) is -0.977. The van der Waals surface area contributed by atoms with E-state index in [9.17, 15) is 26.4 Å². The van der Waals surface area contributed by atoms with Crippen molar-refractivity contribution < 1.29 is 31.1 Å². The van der Waals surface area contributed by atoms with E-state index in [0.717, 1.165) is 12.1 Å². The highest BCUT2D eigenvalue weighted by Crippen LogP contribution is 2.29. The van der Waals surface area contributed by atoms with Gasteiger partial charge in [0.2, 0.25) is 15.9 Å². The normalized spacial score (nSPS) is 12.9. The summed E-state index contributed by atoms with van der Waals surface area (Å²) in [5, 5.41) is 2.20. The van der Waals surface area contributed by atoms with Crippen LogP contribution < -0.4 is 10.0 Å². The van der Waals surface area contributed by atoms with Gasteiger partial charge in [-0.3, -0.25) is 4.79 Å². The van der Waals surface area contributed by atoms with Crippen LogP contribution in [0.15, 0.2) is 18.3 Å². The van der Waals surface area contributed by atoms with Gasteiger partial charge < -0.3 is 10.1 Å². The van der Waals surface area contributed by atoms with Crippen LogP contribution in [0.1, 0.15) is 26.3 Å². The molecule has 0 spiro atoms. The van der Waals surface area contributed by atoms with Gasteiger partial charge in [0.15, 0.2) is 4.75 Å². The molecule has 1 amide bonds. The largest absolute Gasteiger partial charge is 0.417 e. The zero-order valence-corrected chi connectivity index (χ0v) is 14.8. The summed E-state index contributed by atoms with van der Waals surface area (Å²) >= 11 is 0. The first-order valence-electron chi connectivity index (χ1n) is 7.33. The molecule has 25 heavy (non-hydrogen) atoms. The van der Waals surface area contributed by atoms with Gasteiger partial charge in [-0.15, -0.1) is 0 Å². The van der Waals surface area contributed by atoms with Crippen molar-refractivity contribution in [3.05, 3.63) is 23.9 Å². The molecule has 0 radical (unpaired) electrons. The van der Waals surface area contributed by atoms with Gasteiger partial charge in [0.05, 0.1) is 12.2 Å². The number of sulfonamides is 1. The number of aromatic nitrogens is 1. The summed E-state index contributed by atoms with van der Waals surface area (Å²) in [4.78, 5) is 15.7. The van der Waals surface area contributed by atoms with Gasteiger partial charge >= 0.3 is 6.18 Å². The van der Waals surface area contributed by atoms with Crippen molar-refractivity contribution in [1.82, 2.24) is 9.71 Å². The van der Waals surface area contributed by atoms with Gasteiger partial charge in [-0.2, -0.15) is 13.2 Å². The lowest BCUT2D eigenvalue weighted by Gasteiger charge is -2.24. The van der Waals surface area contributed by atoms with Gasteiger partial charge in [0.1, 0.15) is 5.82 Å². The van der Waals surface area contributed by atoms with E-state index in [-0.39, 0.29) is 19.0 Å². The quantitative estimate of drug-likeness (QED) is 0.667. The summed E-state index contributed by atoms with van der Waals surface area (Å²) in [7, 11) is -4.04. The van der Waals surface area contributed by atoms with Gasteiger partial charge in [-0.05, 0) is 32.9 Å². The van der Waals surface area contributed by atoms with Crippen molar-refractivity contribution in [2.24, 2.45) is 0 Å². The predicted octanol–water partition coefficient (Wildman–Crippen LogP) is 1.77. The van der Waals surface area contributed by atoms with E-state index in [2.05, 4.69) is 15.0 Å². The molecule has 0 fully saturated rings. The molecule has 0 saturated heterocycles. The van der Waals surface area contributed by atoms with E-state index in [4.69, 9.17) is 4.74 Å². The van der Waals surface area contributed by atoms with Gasteiger partial charge in [-0.1, -0.05) is 0 Å². The first-order chi connectivity index (χ1) is 11.4. The fourth-order valence-electron chi connectivity index (χ4n) is 1.60. The number of hydrogen-bond donors (Lipinski definition) is 2. The molecule has 0 unspecified atom stereocenters. The zero-order chi connectivity index (χ0) is 19.3. The molecule has 11 heteroatoms. The number of amides is 1. The second-order valence-corrected chi connectivity index (χ2v) is 7.81. The molecule has 0 saturated carbocycles. The highest BCUT2D eigenvalue weighted by molar-refractivity contribution is 7.91. The third-order valence-corrected chi connectivity index (χ3v) is 5.41. The van der Waals surface area contributed by atoms with E-state index in [1.54, 1.807) is 6.92 Å². The molecule has 0 bridgehead atoms. The van der Waals surface area contributed by atoms with Crippen LogP contribution in [-0.2, 0) is 25.7 Å². The molecule has 1 aromatic heterocycles. The average Bonchev–Trinajstić information content (AvgIpc) is 2.51. The number of nitrogens with one attached hydrogen (secondary N) is 2. The van der Waals surface area contributed by atoms with Crippen LogP contribution >= 0.6 is 0 Å². The SMILES string of the molecule is CCOCCNS(=O)(=O)C(C)(C)C(=O)Nc1ccc(C(F)(F)F)cn1. The zero-order valence-electron chi connectivity index (χ0n) is 14.0. The maximum absolute atomic E-state index is 12.5. The standard InChI is InChI=1S/C14H20F3N3O4S/c1-4-24-8-7-19-25(22,23)13(2,3)12(21)20-11-6-5-10(9-18-11)14(15,16)17/h5-6,9,19H,4,7-8H2,1-3H3,(H,18,20,21). The Morgan fingerprint density at radius 2 is 1.92 bits per heavy atom. The van der Waals surface area contributed by atoms with Gasteiger partial charge in [0.25, 0.3) is 0 Å². The molecular formula is C14H20F3N3O4S. The lowest BCUT2D eigenvalue weighted by molar-refractivity contribution is -0.137. The van der Waals surface area contributed by atoms with Crippen molar-refractivity contribution in [3.63, 3.8) is 0 Å². The Labute approximate surface area is 144 Å². The first kappa shape index (κ1) is 21.3. The number of pyridine rings is 1. The Morgan fingerprint density at radius 1 is 1.28 bits per heavy atom. The van der Waals surface area contributed by atoms with Crippen LogP contribution in [0.5, 0.6) is 0 Å². The number of hydrogen-bond acceptors (Lipinski definition) is 5. The molecule has 1 aromatic rings. The van der Waals surface area contributed by atoms with Crippen molar-refractivity contribution in [2.75, 3.05) is 25.1 Å².